The van der Waals surface area contributed by atoms with Crippen LogP contribution in [0.1, 0.15) is 16.7 Å². The van der Waals surface area contributed by atoms with Crippen LogP contribution < -0.4 is 9.47 Å². The number of ether oxygens (including phenoxy) is 3. The molecule has 0 bridgehead atoms. The normalized spacial score (nSPS) is 14.3. The van der Waals surface area contributed by atoms with Crippen molar-refractivity contribution in [2.24, 2.45) is 4.99 Å². The maximum absolute atomic E-state index is 12.2. The molecule has 1 heterocycles. The van der Waals surface area contributed by atoms with Crippen molar-refractivity contribution in [1.82, 2.24) is 0 Å². The Bertz CT molecular complexity index is 1180. The van der Waals surface area contributed by atoms with Crippen molar-refractivity contribution in [2.45, 2.75) is 6.92 Å². The van der Waals surface area contributed by atoms with Crippen molar-refractivity contribution < 1.29 is 19.0 Å². The fourth-order valence-corrected chi connectivity index (χ4v) is 3.70. The second-order valence-corrected chi connectivity index (χ2v) is 7.79. The van der Waals surface area contributed by atoms with Crippen LogP contribution in [0.3, 0.4) is 0 Å². The van der Waals surface area contributed by atoms with E-state index in [1.54, 1.807) is 18.2 Å². The maximum atomic E-state index is 12.2. The summed E-state index contributed by atoms with van der Waals surface area (Å²) in [6.07, 6.45) is 1.57. The van der Waals surface area contributed by atoms with Crippen LogP contribution >= 0.6 is 23.2 Å². The Kier molecular flexibility index (Phi) is 6.78. The maximum Gasteiger partial charge on any atom is 0.363 e. The highest BCUT2D eigenvalue weighted by atomic mass is 35.5. The van der Waals surface area contributed by atoms with Crippen molar-refractivity contribution in [3.63, 3.8) is 0 Å². The highest BCUT2D eigenvalue weighted by Crippen LogP contribution is 2.35. The predicted molar refractivity (Wildman–Crippen MR) is 126 cm³/mol. The molecule has 0 aliphatic carbocycles. The molecule has 0 N–H and O–H groups in total. The Morgan fingerprint density at radius 1 is 0.938 bits per heavy atom. The van der Waals surface area contributed by atoms with Gasteiger partial charge in [-0.2, -0.15) is 0 Å². The van der Waals surface area contributed by atoms with E-state index in [4.69, 9.17) is 37.4 Å². The lowest BCUT2D eigenvalue weighted by Crippen LogP contribution is -2.10. The Morgan fingerprint density at radius 3 is 2.31 bits per heavy atom. The van der Waals surface area contributed by atoms with Crippen molar-refractivity contribution in [3.05, 3.63) is 99.2 Å². The molecule has 7 heteroatoms. The van der Waals surface area contributed by atoms with Crippen LogP contribution in [-0.4, -0.2) is 25.1 Å². The third-order valence-electron chi connectivity index (χ3n) is 4.65. The van der Waals surface area contributed by atoms with E-state index in [1.807, 2.05) is 61.5 Å². The lowest BCUT2D eigenvalue weighted by molar-refractivity contribution is -0.129. The monoisotopic (exact) mass is 467 g/mol. The van der Waals surface area contributed by atoms with E-state index in [-0.39, 0.29) is 18.2 Å². The van der Waals surface area contributed by atoms with Crippen LogP contribution in [0.25, 0.3) is 6.08 Å². The van der Waals surface area contributed by atoms with Gasteiger partial charge in [0.05, 0.1) is 10.0 Å². The van der Waals surface area contributed by atoms with Crippen LogP contribution in [0, 0.1) is 6.92 Å². The van der Waals surface area contributed by atoms with Gasteiger partial charge >= 0.3 is 5.97 Å². The Labute approximate surface area is 195 Å². The molecular formula is C25H19Cl2NO4. The van der Waals surface area contributed by atoms with E-state index in [0.717, 1.165) is 16.9 Å². The standard InChI is InChI=1S/C25H19Cl2NO4/c1-16-7-5-6-10-22(16)30-11-12-31-23-19(26)13-17(14-20(23)27)15-21-25(29)32-24(28-21)18-8-3-2-4-9-18/h2-10,13-15H,11-12H2,1H3/b21-15-. The van der Waals surface area contributed by atoms with E-state index in [1.165, 1.54) is 0 Å². The zero-order chi connectivity index (χ0) is 22.5. The number of carbonyl (C=O) groups is 1. The van der Waals surface area contributed by atoms with E-state index in [0.29, 0.717) is 28.0 Å². The van der Waals surface area contributed by atoms with E-state index >= 15 is 0 Å². The Morgan fingerprint density at radius 2 is 1.59 bits per heavy atom. The second-order valence-electron chi connectivity index (χ2n) is 6.98. The molecule has 0 saturated carbocycles. The summed E-state index contributed by atoms with van der Waals surface area (Å²) in [4.78, 5) is 16.5. The Hall–Kier alpha value is -3.28. The number of aliphatic imine (C=N–C) groups is 1. The molecule has 0 radical (unpaired) electrons. The molecule has 1 aliphatic heterocycles. The van der Waals surface area contributed by atoms with Crippen LogP contribution in [0.15, 0.2) is 77.4 Å². The number of halogens is 2. The number of para-hydroxylation sites is 1. The second kappa shape index (κ2) is 9.90. The van der Waals surface area contributed by atoms with Crippen molar-refractivity contribution in [2.75, 3.05) is 13.2 Å². The number of hydrogen-bond donors (Lipinski definition) is 0. The minimum atomic E-state index is -0.537. The van der Waals surface area contributed by atoms with Gasteiger partial charge < -0.3 is 14.2 Å². The molecule has 32 heavy (non-hydrogen) atoms. The molecule has 0 saturated heterocycles. The van der Waals surface area contributed by atoms with Gasteiger partial charge in [0.15, 0.2) is 11.4 Å². The van der Waals surface area contributed by atoms with E-state index in [2.05, 4.69) is 4.99 Å². The average Bonchev–Trinajstić information content (AvgIpc) is 3.14. The fraction of sp³-hybridized carbons (Fsp3) is 0.120. The van der Waals surface area contributed by atoms with Crippen LogP contribution in [0.2, 0.25) is 10.0 Å². The lowest BCUT2D eigenvalue weighted by atomic mass is 10.2. The van der Waals surface area contributed by atoms with Crippen molar-refractivity contribution >= 4 is 41.1 Å². The first-order valence-electron chi connectivity index (χ1n) is 9.89. The van der Waals surface area contributed by atoms with Gasteiger partial charge in [-0.3, -0.25) is 0 Å². The first-order valence-corrected chi connectivity index (χ1v) is 10.6. The summed E-state index contributed by atoms with van der Waals surface area (Å²) >= 11 is 12.7. The molecule has 0 spiro atoms. The highest BCUT2D eigenvalue weighted by molar-refractivity contribution is 6.37. The largest absolute Gasteiger partial charge is 0.490 e. The molecule has 5 nitrogen and oxygen atoms in total. The number of esters is 1. The van der Waals surface area contributed by atoms with Gasteiger partial charge in [0, 0.05) is 5.56 Å². The number of cyclic esters (lactones) is 1. The molecule has 3 aromatic rings. The number of hydrogen-bond acceptors (Lipinski definition) is 5. The third-order valence-corrected chi connectivity index (χ3v) is 5.21. The molecule has 3 aromatic carbocycles. The number of nitrogens with zero attached hydrogens (tertiary/aromatic N) is 1. The number of benzene rings is 3. The number of aryl methyl sites for hydroxylation is 1. The quantitative estimate of drug-likeness (QED) is 0.239. The third kappa shape index (κ3) is 5.13. The number of carbonyl (C=O) groups excluding carboxylic acids is 1. The summed E-state index contributed by atoms with van der Waals surface area (Å²) in [5.74, 6) is 0.873. The fourth-order valence-electron chi connectivity index (χ4n) is 3.09. The Balaban J connectivity index is 1.44. The van der Waals surface area contributed by atoms with Crippen molar-refractivity contribution in [3.8, 4) is 11.5 Å². The summed E-state index contributed by atoms with van der Waals surface area (Å²) in [7, 11) is 0. The minimum Gasteiger partial charge on any atom is -0.490 e. The van der Waals surface area contributed by atoms with Gasteiger partial charge in [0.25, 0.3) is 0 Å². The lowest BCUT2D eigenvalue weighted by Gasteiger charge is -2.12. The smallest absolute Gasteiger partial charge is 0.363 e. The van der Waals surface area contributed by atoms with Gasteiger partial charge in [-0.15, -0.1) is 0 Å². The first kappa shape index (κ1) is 21.9. The van der Waals surface area contributed by atoms with Gasteiger partial charge in [-0.25, -0.2) is 9.79 Å². The van der Waals surface area contributed by atoms with Gasteiger partial charge in [-0.1, -0.05) is 59.6 Å². The van der Waals surface area contributed by atoms with Gasteiger partial charge in [0.2, 0.25) is 5.90 Å². The predicted octanol–water partition coefficient (Wildman–Crippen LogP) is 6.10. The van der Waals surface area contributed by atoms with Crippen molar-refractivity contribution in [1.29, 1.82) is 0 Å². The summed E-state index contributed by atoms with van der Waals surface area (Å²) in [6.45, 7) is 2.58. The highest BCUT2D eigenvalue weighted by Gasteiger charge is 2.24. The van der Waals surface area contributed by atoms with Crippen LogP contribution in [0.4, 0.5) is 0 Å². The molecule has 4 rings (SSSR count). The summed E-state index contributed by atoms with van der Waals surface area (Å²) < 4.78 is 16.7. The van der Waals surface area contributed by atoms with E-state index < -0.39 is 5.97 Å². The molecule has 162 valence electrons. The first-order chi connectivity index (χ1) is 15.5. The molecule has 0 unspecified atom stereocenters. The summed E-state index contributed by atoms with van der Waals surface area (Å²) in [5, 5.41) is 0.637. The zero-order valence-electron chi connectivity index (χ0n) is 17.2. The minimum absolute atomic E-state index is 0.163. The summed E-state index contributed by atoms with van der Waals surface area (Å²) in [6, 6.07) is 20.3. The zero-order valence-corrected chi connectivity index (χ0v) is 18.7. The summed E-state index contributed by atoms with van der Waals surface area (Å²) in [5.41, 5.74) is 2.53. The van der Waals surface area contributed by atoms with E-state index in [9.17, 15) is 4.79 Å². The molecule has 0 atom stereocenters. The molecule has 0 fully saturated rings. The molecular weight excluding hydrogens is 449 g/mol. The van der Waals surface area contributed by atoms with Gasteiger partial charge in [0.1, 0.15) is 19.0 Å². The topological polar surface area (TPSA) is 57.1 Å². The average molecular weight is 468 g/mol. The molecule has 1 aliphatic rings. The molecule has 0 aromatic heterocycles. The van der Waals surface area contributed by atoms with Crippen LogP contribution in [0.5, 0.6) is 11.5 Å². The van der Waals surface area contributed by atoms with Gasteiger partial charge in [-0.05, 0) is 54.5 Å². The number of rotatable bonds is 7. The van der Waals surface area contributed by atoms with Crippen LogP contribution in [-0.2, 0) is 9.53 Å². The molecule has 0 amide bonds. The SMILES string of the molecule is Cc1ccccc1OCCOc1c(Cl)cc(/C=C2\N=C(c3ccccc3)OC2=O)cc1Cl.